The molecule has 112 valence electrons. The smallest absolute Gasteiger partial charge is 0.125 e. The van der Waals surface area contributed by atoms with Crippen molar-refractivity contribution in [3.05, 3.63) is 59.8 Å². The van der Waals surface area contributed by atoms with Crippen molar-refractivity contribution < 1.29 is 0 Å². The van der Waals surface area contributed by atoms with Gasteiger partial charge in [0.25, 0.3) is 0 Å². The molecule has 1 N–H and O–H groups in total. The third-order valence-corrected chi connectivity index (χ3v) is 4.10. The number of anilines is 1. The van der Waals surface area contributed by atoms with Crippen LogP contribution in [0.15, 0.2) is 48.7 Å². The SMILES string of the molecule is N#Cc1ccc(CN2CCC(CNc3ccccn3)C2)cc1. The minimum atomic E-state index is 0.667. The maximum Gasteiger partial charge on any atom is 0.125 e. The molecule has 0 bridgehead atoms. The van der Waals surface area contributed by atoms with Crippen LogP contribution in [-0.2, 0) is 6.54 Å². The highest BCUT2D eigenvalue weighted by Crippen LogP contribution is 2.19. The quantitative estimate of drug-likeness (QED) is 0.920. The van der Waals surface area contributed by atoms with Gasteiger partial charge in [0.15, 0.2) is 0 Å². The van der Waals surface area contributed by atoms with E-state index in [1.807, 2.05) is 36.5 Å². The molecule has 22 heavy (non-hydrogen) atoms. The van der Waals surface area contributed by atoms with Gasteiger partial charge in [-0.3, -0.25) is 4.90 Å². The van der Waals surface area contributed by atoms with Crippen molar-refractivity contribution in [2.24, 2.45) is 5.92 Å². The maximum atomic E-state index is 8.83. The highest BCUT2D eigenvalue weighted by molar-refractivity contribution is 5.33. The van der Waals surface area contributed by atoms with Crippen molar-refractivity contribution in [1.29, 1.82) is 5.26 Å². The van der Waals surface area contributed by atoms with E-state index < -0.39 is 0 Å². The number of nitriles is 1. The number of likely N-dealkylation sites (tertiary alicyclic amines) is 1. The van der Waals surface area contributed by atoms with E-state index in [-0.39, 0.29) is 0 Å². The van der Waals surface area contributed by atoms with Gasteiger partial charge in [-0.15, -0.1) is 0 Å². The fourth-order valence-corrected chi connectivity index (χ4v) is 2.88. The molecule has 3 rings (SSSR count). The fraction of sp³-hybridized carbons (Fsp3) is 0.333. The first-order valence-electron chi connectivity index (χ1n) is 7.70. The van der Waals surface area contributed by atoms with Crippen LogP contribution in [0.4, 0.5) is 5.82 Å². The van der Waals surface area contributed by atoms with Crippen LogP contribution in [0, 0.1) is 17.2 Å². The Bertz CT molecular complexity index is 630. The molecular weight excluding hydrogens is 272 g/mol. The Morgan fingerprint density at radius 1 is 1.23 bits per heavy atom. The first-order chi connectivity index (χ1) is 10.8. The molecular formula is C18H20N4. The van der Waals surface area contributed by atoms with E-state index in [4.69, 9.17) is 5.26 Å². The summed E-state index contributed by atoms with van der Waals surface area (Å²) >= 11 is 0. The van der Waals surface area contributed by atoms with Crippen LogP contribution in [0.2, 0.25) is 0 Å². The molecule has 2 heterocycles. The van der Waals surface area contributed by atoms with Crippen LogP contribution in [-0.4, -0.2) is 29.5 Å². The molecule has 1 aromatic heterocycles. The van der Waals surface area contributed by atoms with Gasteiger partial charge in [-0.1, -0.05) is 18.2 Å². The highest BCUT2D eigenvalue weighted by Gasteiger charge is 2.22. The topological polar surface area (TPSA) is 52.0 Å². The summed E-state index contributed by atoms with van der Waals surface area (Å²) in [5, 5.41) is 12.2. The van der Waals surface area contributed by atoms with Gasteiger partial charge in [0, 0.05) is 25.8 Å². The summed E-state index contributed by atoms with van der Waals surface area (Å²) in [5.74, 6) is 1.62. The van der Waals surface area contributed by atoms with E-state index in [9.17, 15) is 0 Å². The van der Waals surface area contributed by atoms with Crippen molar-refractivity contribution >= 4 is 5.82 Å². The summed E-state index contributed by atoms with van der Waals surface area (Å²) in [6, 6.07) is 16.0. The lowest BCUT2D eigenvalue weighted by Gasteiger charge is -2.16. The Morgan fingerprint density at radius 2 is 2.09 bits per heavy atom. The predicted molar refractivity (Wildman–Crippen MR) is 87.3 cm³/mol. The van der Waals surface area contributed by atoms with Crippen LogP contribution in [0.25, 0.3) is 0 Å². The predicted octanol–water partition coefficient (Wildman–Crippen LogP) is 2.89. The van der Waals surface area contributed by atoms with Gasteiger partial charge in [0.1, 0.15) is 5.82 Å². The number of hydrogen-bond donors (Lipinski definition) is 1. The summed E-state index contributed by atoms with van der Waals surface area (Å²) in [5.41, 5.74) is 2.00. The van der Waals surface area contributed by atoms with Crippen LogP contribution in [0.3, 0.4) is 0 Å². The Balaban J connectivity index is 1.46. The summed E-state index contributed by atoms with van der Waals surface area (Å²) in [4.78, 5) is 6.77. The molecule has 4 heteroatoms. The second-order valence-corrected chi connectivity index (χ2v) is 5.79. The molecule has 0 spiro atoms. The monoisotopic (exact) mass is 292 g/mol. The molecule has 1 aliphatic rings. The number of pyridine rings is 1. The Hall–Kier alpha value is -2.38. The normalized spacial score (nSPS) is 18.0. The third-order valence-electron chi connectivity index (χ3n) is 4.10. The molecule has 0 amide bonds. The minimum Gasteiger partial charge on any atom is -0.370 e. The molecule has 1 atom stereocenters. The van der Waals surface area contributed by atoms with Gasteiger partial charge in [-0.2, -0.15) is 5.26 Å². The largest absolute Gasteiger partial charge is 0.370 e. The molecule has 0 aliphatic carbocycles. The number of benzene rings is 1. The average Bonchev–Trinajstić information content (AvgIpc) is 3.02. The first kappa shape index (κ1) is 14.6. The van der Waals surface area contributed by atoms with Crippen molar-refractivity contribution in [3.8, 4) is 6.07 Å². The molecule has 1 aromatic carbocycles. The number of nitrogens with one attached hydrogen (secondary N) is 1. The lowest BCUT2D eigenvalue weighted by molar-refractivity contribution is 0.319. The molecule has 1 unspecified atom stereocenters. The van der Waals surface area contributed by atoms with E-state index in [1.54, 1.807) is 0 Å². The average molecular weight is 292 g/mol. The van der Waals surface area contributed by atoms with Gasteiger partial charge in [-0.05, 0) is 48.7 Å². The van der Waals surface area contributed by atoms with E-state index in [2.05, 4.69) is 33.4 Å². The number of hydrogen-bond acceptors (Lipinski definition) is 4. The van der Waals surface area contributed by atoms with E-state index in [0.717, 1.165) is 37.6 Å². The summed E-state index contributed by atoms with van der Waals surface area (Å²) < 4.78 is 0. The summed E-state index contributed by atoms with van der Waals surface area (Å²) in [7, 11) is 0. The third kappa shape index (κ3) is 3.84. The summed E-state index contributed by atoms with van der Waals surface area (Å²) in [6.45, 7) is 4.18. The Morgan fingerprint density at radius 3 is 2.82 bits per heavy atom. The van der Waals surface area contributed by atoms with E-state index in [1.165, 1.54) is 12.0 Å². The van der Waals surface area contributed by atoms with E-state index in [0.29, 0.717) is 5.92 Å². The zero-order valence-electron chi connectivity index (χ0n) is 12.6. The van der Waals surface area contributed by atoms with Gasteiger partial charge in [0.05, 0.1) is 11.6 Å². The second kappa shape index (κ2) is 7.06. The highest BCUT2D eigenvalue weighted by atomic mass is 15.1. The second-order valence-electron chi connectivity index (χ2n) is 5.79. The van der Waals surface area contributed by atoms with Gasteiger partial charge in [-0.25, -0.2) is 4.98 Å². The van der Waals surface area contributed by atoms with Crippen molar-refractivity contribution in [1.82, 2.24) is 9.88 Å². The molecule has 0 saturated carbocycles. The number of nitrogens with zero attached hydrogens (tertiary/aromatic N) is 3. The van der Waals surface area contributed by atoms with Crippen LogP contribution < -0.4 is 5.32 Å². The zero-order valence-corrected chi connectivity index (χ0v) is 12.6. The van der Waals surface area contributed by atoms with Crippen LogP contribution >= 0.6 is 0 Å². The van der Waals surface area contributed by atoms with Gasteiger partial charge in [0.2, 0.25) is 0 Å². The number of rotatable bonds is 5. The fourth-order valence-electron chi connectivity index (χ4n) is 2.88. The molecule has 4 nitrogen and oxygen atoms in total. The van der Waals surface area contributed by atoms with Crippen molar-refractivity contribution in [2.75, 3.05) is 25.0 Å². The molecule has 2 aromatic rings. The molecule has 1 aliphatic heterocycles. The van der Waals surface area contributed by atoms with Crippen LogP contribution in [0.1, 0.15) is 17.5 Å². The standard InChI is InChI=1S/C18H20N4/c19-11-15-4-6-16(7-5-15)13-22-10-8-17(14-22)12-21-18-3-1-2-9-20-18/h1-7,9,17H,8,10,12-14H2,(H,20,21). The Labute approximate surface area is 131 Å². The number of aromatic nitrogens is 1. The van der Waals surface area contributed by atoms with Gasteiger partial charge >= 0.3 is 0 Å². The summed E-state index contributed by atoms with van der Waals surface area (Å²) in [6.07, 6.45) is 3.03. The molecule has 1 saturated heterocycles. The minimum absolute atomic E-state index is 0.667. The van der Waals surface area contributed by atoms with Crippen LogP contribution in [0.5, 0.6) is 0 Å². The van der Waals surface area contributed by atoms with Crippen molar-refractivity contribution in [2.45, 2.75) is 13.0 Å². The molecule has 1 fully saturated rings. The first-order valence-corrected chi connectivity index (χ1v) is 7.70. The lowest BCUT2D eigenvalue weighted by atomic mass is 10.1. The van der Waals surface area contributed by atoms with Gasteiger partial charge < -0.3 is 5.32 Å². The maximum absolute atomic E-state index is 8.83. The van der Waals surface area contributed by atoms with Crippen molar-refractivity contribution in [3.63, 3.8) is 0 Å². The molecule has 0 radical (unpaired) electrons. The Kier molecular flexibility index (Phi) is 4.67. The zero-order chi connectivity index (χ0) is 15.2. The lowest BCUT2D eigenvalue weighted by Crippen LogP contribution is -2.22. The van der Waals surface area contributed by atoms with E-state index >= 15 is 0 Å².